The zero-order valence-electron chi connectivity index (χ0n) is 9.01. The maximum absolute atomic E-state index is 7.12. The van der Waals surface area contributed by atoms with Crippen LogP contribution in [0, 0.1) is 6.57 Å². The molecule has 0 amide bonds. The monoisotopic (exact) mass is 219 g/mol. The van der Waals surface area contributed by atoms with Crippen molar-refractivity contribution < 1.29 is 0 Å². The Labute approximate surface area is 98.6 Å². The van der Waals surface area contributed by atoms with Crippen LogP contribution in [0.4, 0.5) is 5.69 Å². The van der Waals surface area contributed by atoms with Crippen molar-refractivity contribution >= 4 is 16.7 Å². The van der Waals surface area contributed by atoms with Crippen LogP contribution >= 0.6 is 0 Å². The van der Waals surface area contributed by atoms with E-state index in [0.717, 1.165) is 22.3 Å². The van der Waals surface area contributed by atoms with Crippen molar-refractivity contribution in [2.24, 2.45) is 0 Å². The molecule has 3 heteroatoms. The molecule has 3 rings (SSSR count). The van der Waals surface area contributed by atoms with Gasteiger partial charge in [-0.25, -0.2) is 9.83 Å². The predicted molar refractivity (Wildman–Crippen MR) is 67.8 cm³/mol. The molecular weight excluding hydrogens is 210 g/mol. The molecular formula is C14H9N3. The minimum Gasteiger partial charge on any atom is -0.340 e. The molecule has 0 saturated carbocycles. The van der Waals surface area contributed by atoms with Crippen LogP contribution in [-0.2, 0) is 0 Å². The van der Waals surface area contributed by atoms with Gasteiger partial charge in [0, 0.05) is 17.3 Å². The van der Waals surface area contributed by atoms with Gasteiger partial charge in [-0.2, -0.15) is 0 Å². The van der Waals surface area contributed by atoms with Crippen molar-refractivity contribution in [3.8, 4) is 11.3 Å². The number of benzene rings is 1. The quantitative estimate of drug-likeness (QED) is 0.621. The van der Waals surface area contributed by atoms with Crippen molar-refractivity contribution in [1.82, 2.24) is 9.97 Å². The second-order valence-electron chi connectivity index (χ2n) is 3.75. The lowest BCUT2D eigenvalue weighted by atomic mass is 10.1. The van der Waals surface area contributed by atoms with E-state index in [1.807, 2.05) is 36.4 Å². The molecule has 3 aromatic rings. The fourth-order valence-electron chi connectivity index (χ4n) is 1.88. The van der Waals surface area contributed by atoms with Crippen molar-refractivity contribution in [3.63, 3.8) is 0 Å². The van der Waals surface area contributed by atoms with Gasteiger partial charge in [0.15, 0.2) is 5.69 Å². The SMILES string of the molecule is [C-]#[N+]c1ccnc2[nH]c(-c3ccccc3)cc12. The van der Waals surface area contributed by atoms with Crippen molar-refractivity contribution in [3.05, 3.63) is 60.1 Å². The van der Waals surface area contributed by atoms with E-state index in [-0.39, 0.29) is 0 Å². The summed E-state index contributed by atoms with van der Waals surface area (Å²) in [6.07, 6.45) is 1.65. The standard InChI is InChI=1S/C14H9N3/c1-15-12-7-8-16-14-11(12)9-13(17-14)10-5-3-2-4-6-10/h2-9H,(H,16,17). The second-order valence-corrected chi connectivity index (χ2v) is 3.75. The Bertz CT molecular complexity index is 705. The zero-order chi connectivity index (χ0) is 11.7. The molecule has 0 atom stereocenters. The maximum atomic E-state index is 7.12. The number of H-pyrrole nitrogens is 1. The van der Waals surface area contributed by atoms with Gasteiger partial charge in [-0.15, -0.1) is 0 Å². The van der Waals surface area contributed by atoms with Gasteiger partial charge >= 0.3 is 0 Å². The van der Waals surface area contributed by atoms with Gasteiger partial charge in [-0.05, 0) is 17.7 Å². The summed E-state index contributed by atoms with van der Waals surface area (Å²) in [7, 11) is 0. The Morgan fingerprint density at radius 3 is 2.71 bits per heavy atom. The van der Waals surface area contributed by atoms with E-state index in [1.165, 1.54) is 0 Å². The predicted octanol–water partition coefficient (Wildman–Crippen LogP) is 3.78. The molecule has 80 valence electrons. The Hall–Kier alpha value is -2.60. The van der Waals surface area contributed by atoms with E-state index in [0.29, 0.717) is 5.69 Å². The molecule has 0 aliphatic rings. The van der Waals surface area contributed by atoms with Gasteiger partial charge in [0.05, 0.1) is 6.57 Å². The minimum absolute atomic E-state index is 0.633. The maximum Gasteiger partial charge on any atom is 0.199 e. The molecule has 0 bridgehead atoms. The highest BCUT2D eigenvalue weighted by molar-refractivity contribution is 5.93. The molecule has 3 nitrogen and oxygen atoms in total. The fourth-order valence-corrected chi connectivity index (χ4v) is 1.88. The lowest BCUT2D eigenvalue weighted by molar-refractivity contribution is 1.33. The summed E-state index contributed by atoms with van der Waals surface area (Å²) in [4.78, 5) is 11.0. The Morgan fingerprint density at radius 2 is 1.94 bits per heavy atom. The molecule has 2 heterocycles. The summed E-state index contributed by atoms with van der Waals surface area (Å²) >= 11 is 0. The first kappa shape index (κ1) is 9.61. The van der Waals surface area contributed by atoms with Crippen LogP contribution in [0.2, 0.25) is 0 Å². The van der Waals surface area contributed by atoms with E-state index >= 15 is 0 Å². The van der Waals surface area contributed by atoms with E-state index in [4.69, 9.17) is 6.57 Å². The molecule has 2 aromatic heterocycles. The van der Waals surface area contributed by atoms with E-state index in [1.54, 1.807) is 12.3 Å². The molecule has 0 unspecified atom stereocenters. The number of nitrogens with one attached hydrogen (secondary N) is 1. The summed E-state index contributed by atoms with van der Waals surface area (Å²) < 4.78 is 0. The van der Waals surface area contributed by atoms with Gasteiger partial charge in [-0.3, -0.25) is 0 Å². The third kappa shape index (κ3) is 1.56. The molecule has 0 aliphatic carbocycles. The average molecular weight is 219 g/mol. The average Bonchev–Trinajstić information content (AvgIpc) is 2.83. The zero-order valence-corrected chi connectivity index (χ0v) is 9.01. The molecule has 17 heavy (non-hydrogen) atoms. The van der Waals surface area contributed by atoms with Gasteiger partial charge in [0.25, 0.3) is 0 Å². The number of rotatable bonds is 1. The highest BCUT2D eigenvalue weighted by atomic mass is 14.9. The highest BCUT2D eigenvalue weighted by Gasteiger charge is 2.07. The molecule has 1 N–H and O–H groups in total. The van der Waals surface area contributed by atoms with Crippen LogP contribution < -0.4 is 0 Å². The van der Waals surface area contributed by atoms with Crippen molar-refractivity contribution in [1.29, 1.82) is 0 Å². The summed E-state index contributed by atoms with van der Waals surface area (Å²) in [5.41, 5.74) is 3.48. The molecule has 0 saturated heterocycles. The van der Waals surface area contributed by atoms with E-state index < -0.39 is 0 Å². The smallest absolute Gasteiger partial charge is 0.199 e. The number of aromatic amines is 1. The minimum atomic E-state index is 0.633. The van der Waals surface area contributed by atoms with Crippen LogP contribution in [0.25, 0.3) is 27.1 Å². The first-order valence-electron chi connectivity index (χ1n) is 5.29. The number of hydrogen-bond acceptors (Lipinski definition) is 1. The van der Waals surface area contributed by atoms with Crippen molar-refractivity contribution in [2.45, 2.75) is 0 Å². The topological polar surface area (TPSA) is 33.0 Å². The number of pyridine rings is 1. The number of aromatic nitrogens is 2. The highest BCUT2D eigenvalue weighted by Crippen LogP contribution is 2.29. The largest absolute Gasteiger partial charge is 0.340 e. The number of hydrogen-bond donors (Lipinski definition) is 1. The normalized spacial score (nSPS) is 10.3. The Kier molecular flexibility index (Phi) is 2.13. The van der Waals surface area contributed by atoms with Crippen molar-refractivity contribution in [2.75, 3.05) is 0 Å². The lowest BCUT2D eigenvalue weighted by Crippen LogP contribution is -1.76. The summed E-state index contributed by atoms with van der Waals surface area (Å²) in [6, 6.07) is 13.7. The van der Waals surface area contributed by atoms with Crippen LogP contribution in [0.5, 0.6) is 0 Å². The Balaban J connectivity index is 2.25. The molecule has 0 radical (unpaired) electrons. The second kappa shape index (κ2) is 3.76. The number of nitrogens with zero attached hydrogens (tertiary/aromatic N) is 2. The Morgan fingerprint density at radius 1 is 1.12 bits per heavy atom. The third-order valence-corrected chi connectivity index (χ3v) is 2.71. The molecule has 0 fully saturated rings. The van der Waals surface area contributed by atoms with Gasteiger partial charge in [0.2, 0.25) is 0 Å². The first-order valence-corrected chi connectivity index (χ1v) is 5.29. The van der Waals surface area contributed by atoms with E-state index in [9.17, 15) is 0 Å². The lowest BCUT2D eigenvalue weighted by Gasteiger charge is -1.94. The third-order valence-electron chi connectivity index (χ3n) is 2.71. The molecule has 1 aromatic carbocycles. The first-order chi connectivity index (χ1) is 8.38. The fraction of sp³-hybridized carbons (Fsp3) is 0. The molecule has 0 aliphatic heterocycles. The summed E-state index contributed by atoms with van der Waals surface area (Å²) in [5, 5.41) is 0.876. The molecule has 0 spiro atoms. The van der Waals surface area contributed by atoms with Gasteiger partial charge < -0.3 is 4.98 Å². The van der Waals surface area contributed by atoms with Crippen LogP contribution in [0.3, 0.4) is 0 Å². The van der Waals surface area contributed by atoms with Crippen LogP contribution in [0.1, 0.15) is 0 Å². The van der Waals surface area contributed by atoms with Crippen LogP contribution in [0.15, 0.2) is 48.7 Å². The van der Waals surface area contributed by atoms with Gasteiger partial charge in [0.1, 0.15) is 5.65 Å². The number of fused-ring (bicyclic) bond motifs is 1. The van der Waals surface area contributed by atoms with E-state index in [2.05, 4.69) is 14.8 Å². The van der Waals surface area contributed by atoms with Gasteiger partial charge in [-0.1, -0.05) is 30.3 Å². The van der Waals surface area contributed by atoms with Crippen LogP contribution in [-0.4, -0.2) is 9.97 Å². The summed E-state index contributed by atoms with van der Waals surface area (Å²) in [6.45, 7) is 7.12. The summed E-state index contributed by atoms with van der Waals surface area (Å²) in [5.74, 6) is 0.